The predicted octanol–water partition coefficient (Wildman–Crippen LogP) is 2.00. The van der Waals surface area contributed by atoms with Crippen molar-refractivity contribution in [3.05, 3.63) is 63.1 Å². The first-order valence-electron chi connectivity index (χ1n) is 10.9. The number of aromatic nitrogens is 2. The summed E-state index contributed by atoms with van der Waals surface area (Å²) in [4.78, 5) is 46.4. The van der Waals surface area contributed by atoms with Gasteiger partial charge in [0.2, 0.25) is 5.91 Å². The largest absolute Gasteiger partial charge is 0.348 e. The number of hydrogen-bond acceptors (Lipinski definition) is 5. The molecule has 0 bridgehead atoms. The third-order valence-electron chi connectivity index (χ3n) is 6.15. The van der Waals surface area contributed by atoms with Crippen molar-refractivity contribution in [3.8, 4) is 0 Å². The van der Waals surface area contributed by atoms with E-state index in [1.807, 2.05) is 4.90 Å². The van der Waals surface area contributed by atoms with Gasteiger partial charge in [0.15, 0.2) is 5.78 Å². The molecule has 0 atom stereocenters. The van der Waals surface area contributed by atoms with Gasteiger partial charge in [0.1, 0.15) is 11.6 Å². The number of fused-ring (bicyclic) bond motifs is 1. The van der Waals surface area contributed by atoms with Crippen LogP contribution in [0.5, 0.6) is 0 Å². The number of piperidine rings is 1. The number of carbonyl (C=O) groups is 2. The Balaban J connectivity index is 1.24. The number of nitrogens with zero attached hydrogens (tertiary/aromatic N) is 2. The Kier molecular flexibility index (Phi) is 6.56. The number of rotatable bonds is 6. The van der Waals surface area contributed by atoms with Crippen molar-refractivity contribution in [2.24, 2.45) is 5.92 Å². The maximum Gasteiger partial charge on any atom is 0.254 e. The van der Waals surface area contributed by atoms with Gasteiger partial charge in [0, 0.05) is 17.0 Å². The number of ketones is 1. The lowest BCUT2D eigenvalue weighted by Crippen LogP contribution is -2.42. The van der Waals surface area contributed by atoms with Crippen LogP contribution < -0.4 is 10.9 Å². The minimum Gasteiger partial charge on any atom is -0.348 e. The number of Topliss-reactive ketones (excluding diaryl/α,β-unsaturated/α-hetero) is 1. The van der Waals surface area contributed by atoms with Crippen LogP contribution in [0.1, 0.15) is 53.1 Å². The molecule has 1 aromatic carbocycles. The number of likely N-dealkylation sites (tertiary alicyclic amines) is 1. The fraction of sp³-hybridized carbons (Fsp3) is 0.478. The first-order chi connectivity index (χ1) is 15.0. The summed E-state index contributed by atoms with van der Waals surface area (Å²) in [6.07, 6.45) is 4.97. The van der Waals surface area contributed by atoms with E-state index in [1.165, 1.54) is 24.3 Å². The van der Waals surface area contributed by atoms with Crippen LogP contribution in [0.2, 0.25) is 0 Å². The third kappa shape index (κ3) is 5.25. The second kappa shape index (κ2) is 9.51. The van der Waals surface area contributed by atoms with Crippen LogP contribution in [0.3, 0.4) is 0 Å². The van der Waals surface area contributed by atoms with E-state index in [1.54, 1.807) is 0 Å². The quantitative estimate of drug-likeness (QED) is 0.689. The highest BCUT2D eigenvalue weighted by atomic mass is 19.1. The molecule has 1 aliphatic carbocycles. The van der Waals surface area contributed by atoms with Crippen LogP contribution in [0, 0.1) is 11.7 Å². The zero-order valence-corrected chi connectivity index (χ0v) is 17.5. The van der Waals surface area contributed by atoms with Crippen molar-refractivity contribution < 1.29 is 14.0 Å². The summed E-state index contributed by atoms with van der Waals surface area (Å²) in [5.74, 6) is -0.0700. The SMILES string of the molecule is O=C(CN1CCC(C(=O)c2ccc(F)cc2)CC1)NCc1nc2c(c(=O)[nH]1)CCCC2. The summed E-state index contributed by atoms with van der Waals surface area (Å²) in [5, 5.41) is 2.83. The number of benzene rings is 1. The highest BCUT2D eigenvalue weighted by Gasteiger charge is 2.26. The molecule has 2 aliphatic rings. The fourth-order valence-electron chi connectivity index (χ4n) is 4.38. The summed E-state index contributed by atoms with van der Waals surface area (Å²) in [6, 6.07) is 5.65. The van der Waals surface area contributed by atoms with Crippen LogP contribution in [-0.4, -0.2) is 46.2 Å². The van der Waals surface area contributed by atoms with E-state index < -0.39 is 0 Å². The lowest BCUT2D eigenvalue weighted by molar-refractivity contribution is -0.122. The van der Waals surface area contributed by atoms with Gasteiger partial charge in [-0.15, -0.1) is 0 Å². The average molecular weight is 426 g/mol. The van der Waals surface area contributed by atoms with Gasteiger partial charge in [-0.2, -0.15) is 0 Å². The van der Waals surface area contributed by atoms with Crippen molar-refractivity contribution in [2.75, 3.05) is 19.6 Å². The fourth-order valence-corrected chi connectivity index (χ4v) is 4.38. The van der Waals surface area contributed by atoms with E-state index in [4.69, 9.17) is 0 Å². The third-order valence-corrected chi connectivity index (χ3v) is 6.15. The molecule has 1 fully saturated rings. The van der Waals surface area contributed by atoms with Crippen molar-refractivity contribution in [2.45, 2.75) is 45.1 Å². The smallest absolute Gasteiger partial charge is 0.254 e. The maximum atomic E-state index is 13.1. The van der Waals surface area contributed by atoms with Crippen molar-refractivity contribution in [1.29, 1.82) is 0 Å². The van der Waals surface area contributed by atoms with Crippen molar-refractivity contribution in [3.63, 3.8) is 0 Å². The van der Waals surface area contributed by atoms with E-state index in [2.05, 4.69) is 15.3 Å². The van der Waals surface area contributed by atoms with Gasteiger partial charge in [-0.25, -0.2) is 9.37 Å². The van der Waals surface area contributed by atoms with Gasteiger partial charge >= 0.3 is 0 Å². The van der Waals surface area contributed by atoms with Crippen LogP contribution >= 0.6 is 0 Å². The minimum absolute atomic E-state index is 0.0338. The average Bonchev–Trinajstić information content (AvgIpc) is 2.78. The monoisotopic (exact) mass is 426 g/mol. The van der Waals surface area contributed by atoms with Gasteiger partial charge in [0.25, 0.3) is 5.56 Å². The second-order valence-electron chi connectivity index (χ2n) is 8.34. The first kappa shape index (κ1) is 21.4. The lowest BCUT2D eigenvalue weighted by Gasteiger charge is -2.30. The molecule has 31 heavy (non-hydrogen) atoms. The predicted molar refractivity (Wildman–Crippen MR) is 113 cm³/mol. The highest BCUT2D eigenvalue weighted by Crippen LogP contribution is 2.22. The number of H-pyrrole nitrogens is 1. The van der Waals surface area contributed by atoms with Gasteiger partial charge in [-0.1, -0.05) is 0 Å². The number of aromatic amines is 1. The number of amides is 1. The summed E-state index contributed by atoms with van der Waals surface area (Å²) in [5.41, 5.74) is 2.07. The normalized spacial score (nSPS) is 17.2. The van der Waals surface area contributed by atoms with E-state index in [9.17, 15) is 18.8 Å². The Hall–Kier alpha value is -2.87. The minimum atomic E-state index is -0.355. The maximum absolute atomic E-state index is 13.1. The van der Waals surface area contributed by atoms with E-state index >= 15 is 0 Å². The molecule has 0 saturated carbocycles. The molecule has 2 N–H and O–H groups in total. The van der Waals surface area contributed by atoms with Gasteiger partial charge < -0.3 is 10.3 Å². The van der Waals surface area contributed by atoms with Crippen molar-refractivity contribution >= 4 is 11.7 Å². The van der Waals surface area contributed by atoms with Crippen molar-refractivity contribution in [1.82, 2.24) is 20.2 Å². The molecular weight excluding hydrogens is 399 g/mol. The Morgan fingerprint density at radius 2 is 1.84 bits per heavy atom. The molecule has 1 saturated heterocycles. The van der Waals surface area contributed by atoms with Crippen LogP contribution in [0.4, 0.5) is 4.39 Å². The van der Waals surface area contributed by atoms with E-state index in [0.717, 1.165) is 36.9 Å². The van der Waals surface area contributed by atoms with Crippen LogP contribution in [0.15, 0.2) is 29.1 Å². The van der Waals surface area contributed by atoms with Gasteiger partial charge in [-0.3, -0.25) is 19.3 Å². The Bertz CT molecular complexity index is 1010. The number of carbonyl (C=O) groups excluding carboxylic acids is 2. The Morgan fingerprint density at radius 1 is 1.13 bits per heavy atom. The molecular formula is C23H27FN4O3. The molecule has 164 valence electrons. The lowest BCUT2D eigenvalue weighted by atomic mass is 9.89. The topological polar surface area (TPSA) is 95.2 Å². The van der Waals surface area contributed by atoms with E-state index in [-0.39, 0.29) is 42.1 Å². The van der Waals surface area contributed by atoms with Gasteiger partial charge in [0.05, 0.1) is 18.8 Å². The summed E-state index contributed by atoms with van der Waals surface area (Å²) < 4.78 is 13.1. The molecule has 2 aromatic rings. The molecule has 0 spiro atoms. The number of halogens is 1. The summed E-state index contributed by atoms with van der Waals surface area (Å²) >= 11 is 0. The first-order valence-corrected chi connectivity index (χ1v) is 10.9. The second-order valence-corrected chi connectivity index (χ2v) is 8.34. The molecule has 1 amide bonds. The molecule has 0 radical (unpaired) electrons. The highest BCUT2D eigenvalue weighted by molar-refractivity contribution is 5.97. The zero-order chi connectivity index (χ0) is 21.8. The van der Waals surface area contributed by atoms with Crippen LogP contribution in [0.25, 0.3) is 0 Å². The van der Waals surface area contributed by atoms with E-state index in [0.29, 0.717) is 37.3 Å². The molecule has 7 nitrogen and oxygen atoms in total. The number of hydrogen-bond donors (Lipinski definition) is 2. The standard InChI is InChI=1S/C23H27FN4O3/c24-17-7-5-15(6-8-17)22(30)16-9-11-28(12-10-16)14-21(29)25-13-20-26-19-4-2-1-3-18(19)23(31)27-20/h5-8,16H,1-4,9-14H2,(H,25,29)(H,26,27,31). The van der Waals surface area contributed by atoms with Crippen LogP contribution in [-0.2, 0) is 24.2 Å². The molecule has 4 rings (SSSR count). The zero-order valence-electron chi connectivity index (χ0n) is 17.5. The summed E-state index contributed by atoms with van der Waals surface area (Å²) in [7, 11) is 0. The molecule has 8 heteroatoms. The Morgan fingerprint density at radius 3 is 2.58 bits per heavy atom. The summed E-state index contributed by atoms with van der Waals surface area (Å²) in [6.45, 7) is 1.74. The molecule has 2 heterocycles. The number of aryl methyl sites for hydroxylation is 1. The molecule has 0 unspecified atom stereocenters. The Labute approximate surface area is 180 Å². The molecule has 1 aliphatic heterocycles. The number of nitrogens with one attached hydrogen (secondary N) is 2. The van der Waals surface area contributed by atoms with Gasteiger partial charge in [-0.05, 0) is 75.9 Å². The molecule has 1 aromatic heterocycles.